The topological polar surface area (TPSA) is 79.9 Å². The smallest absolute Gasteiger partial charge is 0.422 e. The van der Waals surface area contributed by atoms with E-state index in [2.05, 4.69) is 25.0 Å². The number of amides is 1. The SMILES string of the molecule is O=C(Nc1nc2ccccc2[nH]1)c1cnc(OCC(F)(F)F)c(Cl)c1. The third kappa shape index (κ3) is 4.18. The lowest BCUT2D eigenvalue weighted by molar-refractivity contribution is -0.154. The second-order valence-electron chi connectivity index (χ2n) is 4.97. The average molecular weight is 371 g/mol. The maximum atomic E-state index is 12.2. The van der Waals surface area contributed by atoms with Crippen LogP contribution >= 0.6 is 11.6 Å². The molecule has 0 radical (unpaired) electrons. The monoisotopic (exact) mass is 370 g/mol. The number of nitrogens with zero attached hydrogens (tertiary/aromatic N) is 2. The van der Waals surface area contributed by atoms with Gasteiger partial charge in [-0.1, -0.05) is 23.7 Å². The van der Waals surface area contributed by atoms with E-state index in [0.29, 0.717) is 5.52 Å². The van der Waals surface area contributed by atoms with Gasteiger partial charge in [-0.15, -0.1) is 0 Å². The fourth-order valence-electron chi connectivity index (χ4n) is 2.00. The number of H-pyrrole nitrogens is 1. The van der Waals surface area contributed by atoms with Gasteiger partial charge >= 0.3 is 6.18 Å². The van der Waals surface area contributed by atoms with E-state index in [4.69, 9.17) is 11.6 Å². The normalized spacial score (nSPS) is 11.5. The number of anilines is 1. The predicted molar refractivity (Wildman–Crippen MR) is 84.8 cm³/mol. The number of benzene rings is 1. The van der Waals surface area contributed by atoms with Gasteiger partial charge in [0, 0.05) is 6.20 Å². The Morgan fingerprint density at radius 2 is 2.08 bits per heavy atom. The number of hydrogen-bond donors (Lipinski definition) is 2. The Morgan fingerprint density at radius 3 is 2.76 bits per heavy atom. The number of hydrogen-bond acceptors (Lipinski definition) is 4. The molecular weight excluding hydrogens is 361 g/mol. The minimum Gasteiger partial charge on any atom is -0.467 e. The molecule has 0 saturated heterocycles. The number of rotatable bonds is 4. The third-order valence-electron chi connectivity index (χ3n) is 3.06. The summed E-state index contributed by atoms with van der Waals surface area (Å²) in [6.07, 6.45) is -3.45. The molecule has 0 unspecified atom stereocenters. The molecule has 0 aliphatic carbocycles. The summed E-state index contributed by atoms with van der Waals surface area (Å²) in [7, 11) is 0. The first-order chi connectivity index (χ1) is 11.8. The molecule has 0 fully saturated rings. The van der Waals surface area contributed by atoms with Gasteiger partial charge in [-0.3, -0.25) is 10.1 Å². The number of aromatic amines is 1. The fraction of sp³-hybridized carbons (Fsp3) is 0.133. The largest absolute Gasteiger partial charge is 0.467 e. The van der Waals surface area contributed by atoms with E-state index in [-0.39, 0.29) is 16.5 Å². The van der Waals surface area contributed by atoms with Gasteiger partial charge in [-0.05, 0) is 18.2 Å². The Bertz CT molecular complexity index is 894. The summed E-state index contributed by atoms with van der Waals surface area (Å²) in [6, 6.07) is 8.35. The molecule has 0 spiro atoms. The molecule has 2 N–H and O–H groups in total. The second kappa shape index (κ2) is 6.60. The molecule has 1 amide bonds. The third-order valence-corrected chi connectivity index (χ3v) is 3.33. The molecule has 0 aliphatic rings. The van der Waals surface area contributed by atoms with Gasteiger partial charge in [-0.2, -0.15) is 13.2 Å². The van der Waals surface area contributed by atoms with Crippen LogP contribution in [0.5, 0.6) is 5.88 Å². The molecule has 0 atom stereocenters. The van der Waals surface area contributed by atoms with Gasteiger partial charge in [0.15, 0.2) is 6.61 Å². The Morgan fingerprint density at radius 1 is 1.32 bits per heavy atom. The summed E-state index contributed by atoms with van der Waals surface area (Å²) in [6.45, 7) is -1.52. The Balaban J connectivity index is 1.72. The molecule has 0 aliphatic heterocycles. The zero-order valence-electron chi connectivity index (χ0n) is 12.4. The van der Waals surface area contributed by atoms with Crippen LogP contribution in [-0.2, 0) is 0 Å². The summed E-state index contributed by atoms with van der Waals surface area (Å²) in [5.41, 5.74) is 1.46. The summed E-state index contributed by atoms with van der Waals surface area (Å²) in [4.78, 5) is 22.9. The molecule has 2 heterocycles. The van der Waals surface area contributed by atoms with Crippen molar-refractivity contribution in [1.29, 1.82) is 0 Å². The lowest BCUT2D eigenvalue weighted by atomic mass is 10.2. The minimum atomic E-state index is -4.51. The number of aromatic nitrogens is 3. The Kier molecular flexibility index (Phi) is 4.49. The van der Waals surface area contributed by atoms with E-state index >= 15 is 0 Å². The van der Waals surface area contributed by atoms with Crippen LogP contribution in [0.1, 0.15) is 10.4 Å². The molecule has 130 valence electrons. The predicted octanol–water partition coefficient (Wildman–Crippen LogP) is 3.80. The zero-order valence-corrected chi connectivity index (χ0v) is 13.1. The van der Waals surface area contributed by atoms with E-state index < -0.39 is 24.6 Å². The molecule has 0 saturated carbocycles. The van der Waals surface area contributed by atoms with Crippen LogP contribution in [0.3, 0.4) is 0 Å². The van der Waals surface area contributed by atoms with Gasteiger partial charge in [0.25, 0.3) is 5.91 Å². The molecule has 3 aromatic rings. The van der Waals surface area contributed by atoms with Gasteiger partial charge in [0.05, 0.1) is 16.6 Å². The van der Waals surface area contributed by atoms with Crippen LogP contribution in [0.4, 0.5) is 19.1 Å². The van der Waals surface area contributed by atoms with Crippen molar-refractivity contribution in [2.45, 2.75) is 6.18 Å². The Hall–Kier alpha value is -2.81. The van der Waals surface area contributed by atoms with Crippen molar-refractivity contribution in [2.75, 3.05) is 11.9 Å². The molecular formula is C15H10ClF3N4O2. The van der Waals surface area contributed by atoms with Gasteiger partial charge in [-0.25, -0.2) is 9.97 Å². The number of alkyl halides is 3. The van der Waals surface area contributed by atoms with Gasteiger partial charge < -0.3 is 9.72 Å². The van der Waals surface area contributed by atoms with Gasteiger partial charge in [0.1, 0.15) is 5.02 Å². The van der Waals surface area contributed by atoms with E-state index in [1.807, 2.05) is 6.07 Å². The number of carbonyl (C=O) groups excluding carboxylic acids is 1. The standard InChI is InChI=1S/C15H10ClF3N4O2/c16-9-5-8(6-20-13(9)25-7-15(17,18)19)12(24)23-14-21-10-3-1-2-4-11(10)22-14/h1-6H,7H2,(H2,21,22,23,24). The average Bonchev–Trinajstić information content (AvgIpc) is 2.95. The van der Waals surface area contributed by atoms with E-state index in [1.54, 1.807) is 18.2 Å². The first kappa shape index (κ1) is 17.0. The van der Waals surface area contributed by atoms with Crippen molar-refractivity contribution in [3.8, 4) is 5.88 Å². The quantitative estimate of drug-likeness (QED) is 0.732. The van der Waals surface area contributed by atoms with Crippen molar-refractivity contribution in [1.82, 2.24) is 15.0 Å². The molecule has 6 nitrogen and oxygen atoms in total. The number of nitrogens with one attached hydrogen (secondary N) is 2. The molecule has 10 heteroatoms. The lowest BCUT2D eigenvalue weighted by Gasteiger charge is -2.10. The maximum Gasteiger partial charge on any atom is 0.422 e. The van der Waals surface area contributed by atoms with E-state index in [9.17, 15) is 18.0 Å². The summed E-state index contributed by atoms with van der Waals surface area (Å²) >= 11 is 5.81. The Labute approximate surface area is 144 Å². The van der Waals surface area contributed by atoms with Crippen LogP contribution in [0, 0.1) is 0 Å². The van der Waals surface area contributed by atoms with E-state index in [1.165, 1.54) is 0 Å². The molecule has 3 rings (SSSR count). The summed E-state index contributed by atoms with van der Waals surface area (Å²) in [5, 5.41) is 2.32. The number of pyridine rings is 1. The van der Waals surface area contributed by atoms with Crippen LogP contribution in [0.25, 0.3) is 11.0 Å². The number of ether oxygens (including phenoxy) is 1. The number of halogens is 4. The highest BCUT2D eigenvalue weighted by atomic mass is 35.5. The minimum absolute atomic E-state index is 0.0461. The van der Waals surface area contributed by atoms with Crippen molar-refractivity contribution in [3.63, 3.8) is 0 Å². The first-order valence-corrected chi connectivity index (χ1v) is 7.31. The van der Waals surface area contributed by atoms with Crippen molar-refractivity contribution < 1.29 is 22.7 Å². The lowest BCUT2D eigenvalue weighted by Crippen LogP contribution is -2.20. The fourth-order valence-corrected chi connectivity index (χ4v) is 2.22. The van der Waals surface area contributed by atoms with Gasteiger partial charge in [0.2, 0.25) is 11.8 Å². The highest BCUT2D eigenvalue weighted by Crippen LogP contribution is 2.25. The number of imidazole rings is 1. The molecule has 2 aromatic heterocycles. The second-order valence-corrected chi connectivity index (χ2v) is 5.38. The van der Waals surface area contributed by atoms with Crippen LogP contribution in [0.15, 0.2) is 36.5 Å². The number of para-hydroxylation sites is 2. The number of fused-ring (bicyclic) bond motifs is 1. The molecule has 1 aromatic carbocycles. The summed E-state index contributed by atoms with van der Waals surface area (Å²) in [5.74, 6) is -0.755. The number of carbonyl (C=O) groups is 1. The maximum absolute atomic E-state index is 12.2. The highest BCUT2D eigenvalue weighted by molar-refractivity contribution is 6.32. The van der Waals surface area contributed by atoms with Crippen molar-refractivity contribution in [3.05, 3.63) is 47.1 Å². The van der Waals surface area contributed by atoms with E-state index in [0.717, 1.165) is 17.8 Å². The first-order valence-electron chi connectivity index (χ1n) is 6.93. The van der Waals surface area contributed by atoms with Crippen LogP contribution < -0.4 is 10.1 Å². The van der Waals surface area contributed by atoms with Crippen LogP contribution in [-0.4, -0.2) is 33.6 Å². The highest BCUT2D eigenvalue weighted by Gasteiger charge is 2.29. The van der Waals surface area contributed by atoms with Crippen molar-refractivity contribution in [2.24, 2.45) is 0 Å². The van der Waals surface area contributed by atoms with Crippen LogP contribution in [0.2, 0.25) is 5.02 Å². The van der Waals surface area contributed by atoms with Crippen molar-refractivity contribution >= 4 is 34.5 Å². The zero-order chi connectivity index (χ0) is 18.0. The molecule has 25 heavy (non-hydrogen) atoms. The molecule has 0 bridgehead atoms. The summed E-state index contributed by atoms with van der Waals surface area (Å²) < 4.78 is 40.9.